The van der Waals surface area contributed by atoms with Gasteiger partial charge in [-0.3, -0.25) is 4.98 Å². The fourth-order valence-electron chi connectivity index (χ4n) is 1.69. The van der Waals surface area contributed by atoms with E-state index in [4.69, 9.17) is 9.47 Å². The molecule has 112 valence electrons. The minimum atomic E-state index is 0.0762. The Kier molecular flexibility index (Phi) is 4.86. The summed E-state index contributed by atoms with van der Waals surface area (Å²) in [5.74, 6) is 1.63. The van der Waals surface area contributed by atoms with E-state index in [1.807, 2.05) is 26.8 Å². The molecule has 0 bridgehead atoms. The zero-order chi connectivity index (χ0) is 15.2. The molecule has 0 aliphatic heterocycles. The summed E-state index contributed by atoms with van der Waals surface area (Å²) in [4.78, 5) is 16.9. The van der Waals surface area contributed by atoms with Gasteiger partial charge in [-0.25, -0.2) is 0 Å². The van der Waals surface area contributed by atoms with Crippen molar-refractivity contribution in [3.8, 4) is 23.1 Å². The van der Waals surface area contributed by atoms with E-state index in [1.54, 1.807) is 12.4 Å². The summed E-state index contributed by atoms with van der Waals surface area (Å²) >= 11 is 0. The average Bonchev–Trinajstić information content (AvgIpc) is 2.47. The minimum Gasteiger partial charge on any atom is -0.489 e. The number of methoxy groups -OCH3 is 1. The third kappa shape index (κ3) is 4.01. The lowest BCUT2D eigenvalue weighted by molar-refractivity contribution is 0.241. The highest BCUT2D eigenvalue weighted by molar-refractivity contribution is 5.57. The molecule has 2 aromatic heterocycles. The van der Waals surface area contributed by atoms with Crippen LogP contribution in [0.1, 0.15) is 20.8 Å². The van der Waals surface area contributed by atoms with E-state index in [2.05, 4.69) is 25.3 Å². The average molecular weight is 289 g/mol. The molecule has 0 spiro atoms. The summed E-state index contributed by atoms with van der Waals surface area (Å²) < 4.78 is 10.7. The predicted molar refractivity (Wildman–Crippen MR) is 79.5 cm³/mol. The summed E-state index contributed by atoms with van der Waals surface area (Å²) in [5, 5.41) is 3.05. The molecule has 0 aliphatic rings. The fourth-order valence-corrected chi connectivity index (χ4v) is 1.69. The molecule has 1 N–H and O–H groups in total. The van der Waals surface area contributed by atoms with Crippen LogP contribution in [0.5, 0.6) is 11.8 Å². The molecule has 0 saturated heterocycles. The molecular weight excluding hydrogens is 270 g/mol. The van der Waals surface area contributed by atoms with Crippen LogP contribution in [0.3, 0.4) is 0 Å². The monoisotopic (exact) mass is 289 g/mol. The van der Waals surface area contributed by atoms with Gasteiger partial charge in [0, 0.05) is 18.3 Å². The Morgan fingerprint density at radius 1 is 1.19 bits per heavy atom. The lowest BCUT2D eigenvalue weighted by atomic mass is 10.2. The molecule has 21 heavy (non-hydrogen) atoms. The van der Waals surface area contributed by atoms with Gasteiger partial charge in [0.05, 0.1) is 19.4 Å². The van der Waals surface area contributed by atoms with E-state index in [9.17, 15) is 0 Å². The van der Waals surface area contributed by atoms with Crippen LogP contribution in [0, 0.1) is 0 Å². The molecule has 0 aromatic carbocycles. The van der Waals surface area contributed by atoms with Crippen LogP contribution in [0.2, 0.25) is 0 Å². The lowest BCUT2D eigenvalue weighted by Crippen LogP contribution is -2.07. The van der Waals surface area contributed by atoms with Gasteiger partial charge in [-0.2, -0.15) is 15.0 Å². The molecule has 0 amide bonds. The number of aromatic nitrogens is 4. The molecule has 2 aromatic rings. The molecule has 7 nitrogen and oxygen atoms in total. The number of hydrogen-bond donors (Lipinski definition) is 1. The van der Waals surface area contributed by atoms with Crippen LogP contribution < -0.4 is 14.8 Å². The van der Waals surface area contributed by atoms with Gasteiger partial charge >= 0.3 is 6.01 Å². The van der Waals surface area contributed by atoms with Gasteiger partial charge in [0.25, 0.3) is 0 Å². The molecular formula is C14H19N5O2. The molecule has 0 radical (unpaired) electrons. The maximum atomic E-state index is 5.63. The maximum absolute atomic E-state index is 5.63. The largest absolute Gasteiger partial charge is 0.489 e. The SMILES string of the molecule is CCNc1nc(OC)nc(-c2cncc(OC(C)C)c2)n1. The molecule has 0 fully saturated rings. The number of nitrogens with zero attached hydrogens (tertiary/aromatic N) is 4. The van der Waals surface area contributed by atoms with Crippen LogP contribution in [0.15, 0.2) is 18.5 Å². The molecule has 0 atom stereocenters. The summed E-state index contributed by atoms with van der Waals surface area (Å²) in [7, 11) is 1.52. The predicted octanol–water partition coefficient (Wildman–Crippen LogP) is 2.16. The molecule has 2 rings (SSSR count). The first-order valence-corrected chi connectivity index (χ1v) is 6.78. The Hall–Kier alpha value is -2.44. The highest BCUT2D eigenvalue weighted by Crippen LogP contribution is 2.22. The summed E-state index contributed by atoms with van der Waals surface area (Å²) in [6.45, 7) is 6.60. The van der Waals surface area contributed by atoms with E-state index in [0.717, 1.165) is 5.56 Å². The number of anilines is 1. The van der Waals surface area contributed by atoms with E-state index < -0.39 is 0 Å². The van der Waals surface area contributed by atoms with Crippen molar-refractivity contribution in [1.29, 1.82) is 0 Å². The second-order valence-corrected chi connectivity index (χ2v) is 4.58. The standard InChI is InChI=1S/C14H19N5O2/c1-5-16-13-17-12(18-14(19-13)20-4)10-6-11(8-15-7-10)21-9(2)3/h6-9H,5H2,1-4H3,(H,16,17,18,19). The smallest absolute Gasteiger partial charge is 0.321 e. The maximum Gasteiger partial charge on any atom is 0.321 e. The summed E-state index contributed by atoms with van der Waals surface area (Å²) in [5.41, 5.74) is 0.744. The van der Waals surface area contributed by atoms with Crippen molar-refractivity contribution >= 4 is 5.95 Å². The van der Waals surface area contributed by atoms with Crippen molar-refractivity contribution in [1.82, 2.24) is 19.9 Å². The van der Waals surface area contributed by atoms with Gasteiger partial charge in [0.15, 0.2) is 5.82 Å². The van der Waals surface area contributed by atoms with Crippen LogP contribution in [-0.2, 0) is 0 Å². The quantitative estimate of drug-likeness (QED) is 0.872. The highest BCUT2D eigenvalue weighted by Gasteiger charge is 2.10. The number of ether oxygens (including phenoxy) is 2. The van der Waals surface area contributed by atoms with Crippen LogP contribution in [-0.4, -0.2) is 39.7 Å². The molecule has 0 aliphatic carbocycles. The molecule has 7 heteroatoms. The van der Waals surface area contributed by atoms with Crippen molar-refractivity contribution in [2.24, 2.45) is 0 Å². The van der Waals surface area contributed by atoms with Gasteiger partial charge in [-0.1, -0.05) is 0 Å². The summed E-state index contributed by atoms with van der Waals surface area (Å²) in [6.07, 6.45) is 3.41. The lowest BCUT2D eigenvalue weighted by Gasteiger charge is -2.10. The van der Waals surface area contributed by atoms with Crippen molar-refractivity contribution < 1.29 is 9.47 Å². The zero-order valence-corrected chi connectivity index (χ0v) is 12.6. The molecule has 0 saturated carbocycles. The van der Waals surface area contributed by atoms with Gasteiger partial charge in [-0.15, -0.1) is 0 Å². The van der Waals surface area contributed by atoms with E-state index in [1.165, 1.54) is 7.11 Å². The van der Waals surface area contributed by atoms with Crippen molar-refractivity contribution in [3.63, 3.8) is 0 Å². The normalized spacial score (nSPS) is 10.5. The second kappa shape index (κ2) is 6.83. The van der Waals surface area contributed by atoms with Crippen molar-refractivity contribution in [2.45, 2.75) is 26.9 Å². The third-order valence-corrected chi connectivity index (χ3v) is 2.48. The Balaban J connectivity index is 2.38. The molecule has 0 unspecified atom stereocenters. The first-order valence-electron chi connectivity index (χ1n) is 6.78. The fraction of sp³-hybridized carbons (Fsp3) is 0.429. The van der Waals surface area contributed by atoms with Gasteiger partial charge in [0.2, 0.25) is 5.95 Å². The first-order chi connectivity index (χ1) is 10.1. The topological polar surface area (TPSA) is 82.1 Å². The summed E-state index contributed by atoms with van der Waals surface area (Å²) in [6, 6.07) is 2.10. The molecule has 2 heterocycles. The van der Waals surface area contributed by atoms with E-state index in [0.29, 0.717) is 24.1 Å². The van der Waals surface area contributed by atoms with Gasteiger partial charge < -0.3 is 14.8 Å². The van der Waals surface area contributed by atoms with Gasteiger partial charge in [0.1, 0.15) is 5.75 Å². The Morgan fingerprint density at radius 3 is 2.67 bits per heavy atom. The zero-order valence-electron chi connectivity index (χ0n) is 12.6. The van der Waals surface area contributed by atoms with E-state index >= 15 is 0 Å². The minimum absolute atomic E-state index is 0.0762. The Bertz CT molecular complexity index is 604. The van der Waals surface area contributed by atoms with Crippen molar-refractivity contribution in [3.05, 3.63) is 18.5 Å². The third-order valence-electron chi connectivity index (χ3n) is 2.48. The number of rotatable bonds is 6. The first kappa shape index (κ1) is 15.0. The van der Waals surface area contributed by atoms with Crippen molar-refractivity contribution in [2.75, 3.05) is 19.0 Å². The Labute approximate surface area is 123 Å². The van der Waals surface area contributed by atoms with Gasteiger partial charge in [-0.05, 0) is 26.8 Å². The van der Waals surface area contributed by atoms with Crippen LogP contribution in [0.25, 0.3) is 11.4 Å². The van der Waals surface area contributed by atoms with E-state index in [-0.39, 0.29) is 12.1 Å². The highest BCUT2D eigenvalue weighted by atomic mass is 16.5. The van der Waals surface area contributed by atoms with Crippen LogP contribution in [0.4, 0.5) is 5.95 Å². The number of hydrogen-bond acceptors (Lipinski definition) is 7. The number of nitrogens with one attached hydrogen (secondary N) is 1. The second-order valence-electron chi connectivity index (χ2n) is 4.58. The number of pyridine rings is 1. The van der Waals surface area contributed by atoms with Crippen LogP contribution >= 0.6 is 0 Å². The Morgan fingerprint density at radius 2 is 2.00 bits per heavy atom.